The number of hydrogen-bond acceptors (Lipinski definition) is 22. The number of carbonyl (C=O) groups excluding carboxylic acids is 3. The van der Waals surface area contributed by atoms with E-state index in [9.17, 15) is 55.2 Å². The van der Waals surface area contributed by atoms with Crippen LogP contribution in [0.3, 0.4) is 0 Å². The predicted molar refractivity (Wildman–Crippen MR) is 238 cm³/mol. The Hall–Kier alpha value is -3.69. The minimum atomic E-state index is -1.93. The first-order chi connectivity index (χ1) is 33.0. The smallest absolute Gasteiger partial charge is 0.303 e. The molecular weight excluding hydrogens is 929 g/mol. The molecule has 2 aromatic carbocycles. The van der Waals surface area contributed by atoms with Gasteiger partial charge < -0.3 is 93.0 Å². The van der Waals surface area contributed by atoms with Gasteiger partial charge in [-0.25, -0.2) is 0 Å². The van der Waals surface area contributed by atoms with E-state index in [2.05, 4.69) is 0 Å². The average molecular weight is 997 g/mol. The van der Waals surface area contributed by atoms with E-state index in [0.29, 0.717) is 0 Å². The van der Waals surface area contributed by atoms with Gasteiger partial charge >= 0.3 is 5.97 Å². The molecule has 22 heteroatoms. The van der Waals surface area contributed by atoms with Crippen molar-refractivity contribution in [3.63, 3.8) is 0 Å². The molecule has 0 amide bonds. The Bertz CT molecular complexity index is 2160. The summed E-state index contributed by atoms with van der Waals surface area (Å²) >= 11 is 0. The molecule has 0 saturated carbocycles. The molecule has 7 rings (SSSR count). The van der Waals surface area contributed by atoms with Crippen molar-refractivity contribution in [1.82, 2.24) is 0 Å². The van der Waals surface area contributed by atoms with E-state index in [4.69, 9.17) is 52.1 Å². The molecule has 22 nitrogen and oxygen atoms in total. The summed E-state index contributed by atoms with van der Waals surface area (Å²) in [4.78, 5) is 40.9. The molecule has 0 spiro atoms. The highest BCUT2D eigenvalue weighted by atomic mass is 16.7. The lowest BCUT2D eigenvalue weighted by atomic mass is 9.75. The Labute approximate surface area is 404 Å². The first kappa shape index (κ1) is 54.1. The SMILES string of the molecule is CO[C@@H]1[C@H](O)C[C@@H](O[C@@H]2C[C@H](Oc3cc4cc5c(c(O)c4c(O)c3C)C(=O)[C@@H](O[C@H]3C[C@@H](O[C@H]4C[C@@H](O)[C@H](O)[C@@H](C)O4)[C@H](O)[C@@H](C)O3)[C@H]([C@H](OC)C(=O)[C@@H](O)[C@@H](C)O)C5)O[C@H](C)[C@@H]2OC(C)=O)O[C@@H]1C. The number of ketones is 2. The van der Waals surface area contributed by atoms with E-state index >= 15 is 0 Å². The van der Waals surface area contributed by atoms with Gasteiger partial charge in [-0.15, -0.1) is 0 Å². The number of aliphatic hydroxyl groups is 6. The summed E-state index contributed by atoms with van der Waals surface area (Å²) in [5, 5.41) is 87.3. The number of methoxy groups -OCH3 is 2. The molecule has 4 fully saturated rings. The van der Waals surface area contributed by atoms with Crippen molar-refractivity contribution >= 4 is 28.3 Å². The summed E-state index contributed by atoms with van der Waals surface area (Å²) in [6.45, 7) is 10.5. The van der Waals surface area contributed by atoms with Crippen molar-refractivity contribution in [3.05, 3.63) is 28.8 Å². The average Bonchev–Trinajstić information content (AvgIpc) is 3.28. The molecular formula is C48H68O22. The Morgan fingerprint density at radius 2 is 1.30 bits per heavy atom. The maximum absolute atomic E-state index is 14.9. The second kappa shape index (κ2) is 22.2. The third-order valence-electron chi connectivity index (χ3n) is 14.1. The topological polar surface area (TPSA) is 315 Å². The molecule has 4 saturated heterocycles. The molecule has 0 aromatic heterocycles. The zero-order chi connectivity index (χ0) is 51.2. The fourth-order valence-electron chi connectivity index (χ4n) is 10.3. The third kappa shape index (κ3) is 11.1. The minimum absolute atomic E-state index is 0.00748. The molecule has 5 aliphatic rings. The third-order valence-corrected chi connectivity index (χ3v) is 14.1. The zero-order valence-corrected chi connectivity index (χ0v) is 40.6. The van der Waals surface area contributed by atoms with Crippen LogP contribution in [0.4, 0.5) is 0 Å². The number of aliphatic hydroxyl groups excluding tert-OH is 6. The molecule has 0 bridgehead atoms. The minimum Gasteiger partial charge on any atom is -0.507 e. The number of carbonyl (C=O) groups is 3. The summed E-state index contributed by atoms with van der Waals surface area (Å²) in [6.07, 6.45) is -22.2. The van der Waals surface area contributed by atoms with Crippen LogP contribution in [0.2, 0.25) is 0 Å². The Balaban J connectivity index is 1.19. The van der Waals surface area contributed by atoms with Crippen LogP contribution in [0.5, 0.6) is 17.2 Å². The van der Waals surface area contributed by atoms with Gasteiger partial charge in [0.25, 0.3) is 0 Å². The highest BCUT2D eigenvalue weighted by Crippen LogP contribution is 2.47. The first-order valence-corrected chi connectivity index (χ1v) is 23.7. The molecule has 70 heavy (non-hydrogen) atoms. The van der Waals surface area contributed by atoms with E-state index in [-0.39, 0.29) is 65.3 Å². The number of ether oxygens (including phenoxy) is 11. The van der Waals surface area contributed by atoms with Crippen molar-refractivity contribution in [2.75, 3.05) is 14.2 Å². The number of rotatable bonds is 15. The molecule has 0 radical (unpaired) electrons. The lowest BCUT2D eigenvalue weighted by Gasteiger charge is -2.43. The van der Waals surface area contributed by atoms with Crippen LogP contribution < -0.4 is 4.74 Å². The van der Waals surface area contributed by atoms with E-state index in [1.54, 1.807) is 27.7 Å². The van der Waals surface area contributed by atoms with Crippen LogP contribution in [0.1, 0.15) is 88.7 Å². The van der Waals surface area contributed by atoms with Crippen LogP contribution in [0.25, 0.3) is 10.8 Å². The summed E-state index contributed by atoms with van der Waals surface area (Å²) in [7, 11) is 2.66. The molecule has 4 aliphatic heterocycles. The van der Waals surface area contributed by atoms with Gasteiger partial charge in [-0.3, -0.25) is 14.4 Å². The molecule has 0 unspecified atom stereocenters. The molecule has 21 atom stereocenters. The van der Waals surface area contributed by atoms with Gasteiger partial charge in [0.2, 0.25) is 6.29 Å². The van der Waals surface area contributed by atoms with E-state index in [1.807, 2.05) is 0 Å². The van der Waals surface area contributed by atoms with Crippen molar-refractivity contribution < 1.29 is 107 Å². The molecule has 8 N–H and O–H groups in total. The van der Waals surface area contributed by atoms with Crippen molar-refractivity contribution in [2.45, 2.75) is 203 Å². The lowest BCUT2D eigenvalue weighted by Crippen LogP contribution is -2.56. The van der Waals surface area contributed by atoms with Gasteiger partial charge in [0.1, 0.15) is 60.0 Å². The fourth-order valence-corrected chi connectivity index (χ4v) is 10.3. The summed E-state index contributed by atoms with van der Waals surface area (Å²) in [6, 6.07) is 3.06. The van der Waals surface area contributed by atoms with E-state index in [0.717, 1.165) is 0 Å². The summed E-state index contributed by atoms with van der Waals surface area (Å²) < 4.78 is 65.7. The number of esters is 1. The highest BCUT2D eigenvalue weighted by molar-refractivity contribution is 6.11. The maximum atomic E-state index is 14.9. The number of benzene rings is 2. The Morgan fingerprint density at radius 1 is 0.729 bits per heavy atom. The van der Waals surface area contributed by atoms with Crippen LogP contribution >= 0.6 is 0 Å². The number of aromatic hydroxyl groups is 2. The molecule has 1 aliphatic carbocycles. The number of hydrogen-bond donors (Lipinski definition) is 8. The lowest BCUT2D eigenvalue weighted by molar-refractivity contribution is -0.311. The van der Waals surface area contributed by atoms with Gasteiger partial charge in [-0.05, 0) is 71.0 Å². The number of fused-ring (bicyclic) bond motifs is 2. The van der Waals surface area contributed by atoms with E-state index in [1.165, 1.54) is 47.1 Å². The number of phenolic OH excluding ortho intramolecular Hbond substituents is 2. The fraction of sp³-hybridized carbons (Fsp3) is 0.729. The standard InChI is InChI=1S/C48H68O22/c1-17-29(67-34-16-31(46(22(6)65-34)66-23(7)50)69-33-14-28(52)45(60-8)21(5)64-33)12-25-10-24-11-26(47(61-9)44(59)39(54)18(2)49)48(43(58)37(24)42(57)36(25)38(17)53)70-35-15-30(41(56)20(4)63-35)68-32-13-27(51)40(55)19(3)62-32/h10,12,18-22,26-28,30-35,39-41,45-49,51-57H,11,13-16H2,1-9H3/t18-,19-,20-,21-,22-,26+,27-,28-,30-,31-,32+,33-,34+,35+,39+,40-,41-,45+,46+,47+,48+/m1/s1. The predicted octanol–water partition coefficient (Wildman–Crippen LogP) is 0.705. The molecule has 4 heterocycles. The van der Waals surface area contributed by atoms with Crippen LogP contribution in [-0.4, -0.2) is 195 Å². The van der Waals surface area contributed by atoms with Gasteiger partial charge in [-0.2, -0.15) is 0 Å². The number of Topliss-reactive ketones (excluding diaryl/α,β-unsaturated/α-hetero) is 2. The van der Waals surface area contributed by atoms with Crippen molar-refractivity contribution in [3.8, 4) is 17.2 Å². The zero-order valence-electron chi connectivity index (χ0n) is 40.6. The van der Waals surface area contributed by atoms with Crippen molar-refractivity contribution in [1.29, 1.82) is 0 Å². The van der Waals surface area contributed by atoms with Gasteiger partial charge in [-0.1, -0.05) is 0 Å². The van der Waals surface area contributed by atoms with E-state index < -0.39 is 158 Å². The van der Waals surface area contributed by atoms with Crippen LogP contribution in [-0.2, 0) is 63.4 Å². The first-order valence-electron chi connectivity index (χ1n) is 23.7. The Kier molecular flexibility index (Phi) is 17.2. The van der Waals surface area contributed by atoms with Gasteiger partial charge in [0, 0.05) is 58.3 Å². The Morgan fingerprint density at radius 3 is 1.90 bits per heavy atom. The summed E-state index contributed by atoms with van der Waals surface area (Å²) in [5.74, 6) is -4.55. The van der Waals surface area contributed by atoms with Gasteiger partial charge in [0.15, 0.2) is 36.5 Å². The maximum Gasteiger partial charge on any atom is 0.303 e. The summed E-state index contributed by atoms with van der Waals surface area (Å²) in [5.41, 5.74) is 0.107. The second-order valence-corrected chi connectivity index (χ2v) is 19.1. The quantitative estimate of drug-likeness (QED) is 0.114. The highest BCUT2D eigenvalue weighted by Gasteiger charge is 2.50. The molecule has 392 valence electrons. The second-order valence-electron chi connectivity index (χ2n) is 19.1. The van der Waals surface area contributed by atoms with Gasteiger partial charge in [0.05, 0.1) is 59.8 Å². The van der Waals surface area contributed by atoms with Crippen molar-refractivity contribution in [2.24, 2.45) is 5.92 Å². The monoisotopic (exact) mass is 996 g/mol. The number of phenols is 2. The molecule has 2 aromatic rings. The largest absolute Gasteiger partial charge is 0.507 e. The van der Waals surface area contributed by atoms with Crippen LogP contribution in [0.15, 0.2) is 12.1 Å². The van der Waals surface area contributed by atoms with Crippen LogP contribution in [0, 0.1) is 12.8 Å². The normalized spacial score (nSPS) is 38.4.